The van der Waals surface area contributed by atoms with Crippen molar-refractivity contribution < 1.29 is 18.3 Å². The molecule has 110 valence electrons. The van der Waals surface area contributed by atoms with Crippen LogP contribution in [0, 0.1) is 0 Å². The average Bonchev–Trinajstić information content (AvgIpc) is 2.45. The molecule has 21 heavy (non-hydrogen) atoms. The van der Waals surface area contributed by atoms with Crippen LogP contribution in [0.4, 0.5) is 5.69 Å². The number of carboxylic acids is 1. The normalized spacial score (nSPS) is 11.1. The maximum Gasteiger partial charge on any atom is 0.335 e. The van der Waals surface area contributed by atoms with E-state index in [1.54, 1.807) is 24.3 Å². The molecule has 0 radical (unpaired) electrons. The second-order valence-electron chi connectivity index (χ2n) is 4.43. The third-order valence-corrected chi connectivity index (χ3v) is 3.77. The van der Waals surface area contributed by atoms with Gasteiger partial charge in [0, 0.05) is 12.2 Å². The highest BCUT2D eigenvalue weighted by atomic mass is 32.2. The lowest BCUT2D eigenvalue weighted by atomic mass is 10.1. The molecule has 4 N–H and O–H groups in total. The van der Waals surface area contributed by atoms with Gasteiger partial charge < -0.3 is 10.4 Å². The Hall–Kier alpha value is -2.38. The van der Waals surface area contributed by atoms with E-state index < -0.39 is 16.0 Å². The Bertz CT molecular complexity index is 755. The lowest BCUT2D eigenvalue weighted by Gasteiger charge is -2.08. The molecular formula is C14H14N2O4S. The molecule has 0 amide bonds. The van der Waals surface area contributed by atoms with E-state index in [1.807, 2.05) is 0 Å². The van der Waals surface area contributed by atoms with Gasteiger partial charge in [-0.1, -0.05) is 18.2 Å². The number of anilines is 1. The van der Waals surface area contributed by atoms with Gasteiger partial charge in [-0.2, -0.15) is 0 Å². The molecule has 0 aliphatic heterocycles. The van der Waals surface area contributed by atoms with Crippen molar-refractivity contribution in [3.05, 3.63) is 59.7 Å². The summed E-state index contributed by atoms with van der Waals surface area (Å²) in [7, 11) is -3.73. The van der Waals surface area contributed by atoms with E-state index in [0.29, 0.717) is 12.2 Å². The molecular weight excluding hydrogens is 292 g/mol. The number of hydrogen-bond acceptors (Lipinski definition) is 4. The first kappa shape index (κ1) is 15.0. The van der Waals surface area contributed by atoms with Crippen LogP contribution in [0.3, 0.4) is 0 Å². The molecule has 7 heteroatoms. The topological polar surface area (TPSA) is 109 Å². The zero-order valence-electron chi connectivity index (χ0n) is 11.0. The molecule has 0 spiro atoms. The zero-order chi connectivity index (χ0) is 15.5. The Balaban J connectivity index is 2.08. The van der Waals surface area contributed by atoms with Crippen molar-refractivity contribution in [1.82, 2.24) is 0 Å². The first-order valence-corrected chi connectivity index (χ1v) is 7.60. The first-order valence-electron chi connectivity index (χ1n) is 6.05. The van der Waals surface area contributed by atoms with Crippen molar-refractivity contribution in [1.29, 1.82) is 0 Å². The number of carboxylic acid groups (broad SMARTS) is 1. The van der Waals surface area contributed by atoms with Crippen molar-refractivity contribution in [3.8, 4) is 0 Å². The van der Waals surface area contributed by atoms with E-state index in [-0.39, 0.29) is 10.5 Å². The highest BCUT2D eigenvalue weighted by Gasteiger charge is 2.07. The summed E-state index contributed by atoms with van der Waals surface area (Å²) in [6, 6.07) is 12.6. The molecule has 0 aliphatic rings. The van der Waals surface area contributed by atoms with E-state index in [9.17, 15) is 13.2 Å². The van der Waals surface area contributed by atoms with Gasteiger partial charge in [0.2, 0.25) is 10.0 Å². The quantitative estimate of drug-likeness (QED) is 0.778. The number of nitrogens with two attached hydrogens (primary N) is 1. The van der Waals surface area contributed by atoms with Gasteiger partial charge in [-0.15, -0.1) is 0 Å². The van der Waals surface area contributed by atoms with Crippen LogP contribution in [0.25, 0.3) is 0 Å². The molecule has 2 aromatic carbocycles. The van der Waals surface area contributed by atoms with Crippen molar-refractivity contribution in [2.75, 3.05) is 5.32 Å². The van der Waals surface area contributed by atoms with Crippen LogP contribution >= 0.6 is 0 Å². The largest absolute Gasteiger partial charge is 0.478 e. The van der Waals surface area contributed by atoms with E-state index >= 15 is 0 Å². The van der Waals surface area contributed by atoms with Crippen molar-refractivity contribution in [2.24, 2.45) is 5.14 Å². The van der Waals surface area contributed by atoms with Gasteiger partial charge in [0.05, 0.1) is 10.5 Å². The summed E-state index contributed by atoms with van der Waals surface area (Å²) in [5.74, 6) is -0.977. The predicted octanol–water partition coefficient (Wildman–Crippen LogP) is 1.64. The van der Waals surface area contributed by atoms with Crippen LogP contribution in [0.2, 0.25) is 0 Å². The lowest BCUT2D eigenvalue weighted by Crippen LogP contribution is -2.12. The maximum atomic E-state index is 11.3. The van der Waals surface area contributed by atoms with E-state index in [0.717, 1.165) is 5.56 Å². The van der Waals surface area contributed by atoms with Crippen LogP contribution in [0.5, 0.6) is 0 Å². The average molecular weight is 306 g/mol. The predicted molar refractivity (Wildman–Crippen MR) is 78.5 cm³/mol. The summed E-state index contributed by atoms with van der Waals surface area (Å²) in [5, 5.41) is 16.9. The van der Waals surface area contributed by atoms with Crippen LogP contribution < -0.4 is 10.5 Å². The summed E-state index contributed by atoms with van der Waals surface area (Å²) >= 11 is 0. The molecule has 2 aromatic rings. The number of nitrogens with one attached hydrogen (secondary N) is 1. The first-order chi connectivity index (χ1) is 9.86. The number of sulfonamides is 1. The number of primary sulfonamides is 1. The number of benzene rings is 2. The molecule has 0 saturated heterocycles. The molecule has 0 aromatic heterocycles. The van der Waals surface area contributed by atoms with Gasteiger partial charge in [-0.25, -0.2) is 18.4 Å². The highest BCUT2D eigenvalue weighted by Crippen LogP contribution is 2.15. The summed E-state index contributed by atoms with van der Waals surface area (Å²) < 4.78 is 22.5. The van der Waals surface area contributed by atoms with Crippen molar-refractivity contribution >= 4 is 21.7 Å². The molecule has 0 aliphatic carbocycles. The fourth-order valence-electron chi connectivity index (χ4n) is 1.75. The number of aromatic carboxylic acids is 1. The Labute approximate surface area is 122 Å². The lowest BCUT2D eigenvalue weighted by molar-refractivity contribution is 0.0697. The van der Waals surface area contributed by atoms with Gasteiger partial charge >= 0.3 is 5.97 Å². The molecule has 6 nitrogen and oxygen atoms in total. The van der Waals surface area contributed by atoms with Crippen molar-refractivity contribution in [3.63, 3.8) is 0 Å². The fraction of sp³-hybridized carbons (Fsp3) is 0.0714. The minimum Gasteiger partial charge on any atom is -0.478 e. The van der Waals surface area contributed by atoms with E-state index in [2.05, 4.69) is 5.32 Å². The van der Waals surface area contributed by atoms with Gasteiger partial charge in [0.25, 0.3) is 0 Å². The summed E-state index contributed by atoms with van der Waals surface area (Å²) in [5.41, 5.74) is 1.71. The highest BCUT2D eigenvalue weighted by molar-refractivity contribution is 7.89. The van der Waals surface area contributed by atoms with E-state index in [4.69, 9.17) is 10.2 Å². The molecule has 0 fully saturated rings. The zero-order valence-corrected chi connectivity index (χ0v) is 11.8. The third kappa shape index (κ3) is 4.04. The molecule has 0 heterocycles. The fourth-order valence-corrected chi connectivity index (χ4v) is 2.31. The molecule has 2 rings (SSSR count). The summed E-state index contributed by atoms with van der Waals surface area (Å²) in [6.45, 7) is 0.438. The second-order valence-corrected chi connectivity index (χ2v) is 5.99. The Kier molecular flexibility index (Phi) is 4.25. The van der Waals surface area contributed by atoms with E-state index in [1.165, 1.54) is 24.3 Å². The minimum atomic E-state index is -3.73. The number of rotatable bonds is 5. The maximum absolute atomic E-state index is 11.3. The Morgan fingerprint density at radius 2 is 1.81 bits per heavy atom. The molecule has 0 unspecified atom stereocenters. The van der Waals surface area contributed by atoms with Gasteiger partial charge in [-0.3, -0.25) is 0 Å². The van der Waals surface area contributed by atoms with Crippen LogP contribution in [-0.2, 0) is 16.6 Å². The second kappa shape index (κ2) is 5.94. The third-order valence-electron chi connectivity index (χ3n) is 2.86. The van der Waals surface area contributed by atoms with Gasteiger partial charge in [0.1, 0.15) is 0 Å². The molecule has 0 saturated carbocycles. The van der Waals surface area contributed by atoms with Crippen molar-refractivity contribution in [2.45, 2.75) is 11.4 Å². The van der Waals surface area contributed by atoms with Gasteiger partial charge in [-0.05, 0) is 35.9 Å². The monoisotopic (exact) mass is 306 g/mol. The molecule has 0 atom stereocenters. The van der Waals surface area contributed by atoms with Crippen LogP contribution in [-0.4, -0.2) is 19.5 Å². The minimum absolute atomic E-state index is 0.0359. The Morgan fingerprint density at radius 3 is 2.38 bits per heavy atom. The Morgan fingerprint density at radius 1 is 1.14 bits per heavy atom. The number of carbonyl (C=O) groups is 1. The summed E-state index contributed by atoms with van der Waals surface area (Å²) in [4.78, 5) is 10.8. The summed E-state index contributed by atoms with van der Waals surface area (Å²) in [6.07, 6.45) is 0. The molecule has 0 bridgehead atoms. The number of hydrogen-bond donors (Lipinski definition) is 3. The smallest absolute Gasteiger partial charge is 0.335 e. The SMILES string of the molecule is NS(=O)(=O)c1cccc(NCc2ccc(C(=O)O)cc2)c1. The van der Waals surface area contributed by atoms with Gasteiger partial charge in [0.15, 0.2) is 0 Å². The van der Waals surface area contributed by atoms with Crippen LogP contribution in [0.1, 0.15) is 15.9 Å². The standard InChI is InChI=1S/C14H14N2O4S/c15-21(19,20)13-3-1-2-12(8-13)16-9-10-4-6-11(7-5-10)14(17)18/h1-8,16H,9H2,(H,17,18)(H2,15,19,20). The van der Waals surface area contributed by atoms with Crippen LogP contribution in [0.15, 0.2) is 53.4 Å².